The highest BCUT2D eigenvalue weighted by Crippen LogP contribution is 2.10. The Balaban J connectivity index is 3.61. The Bertz CT molecular complexity index is 154. The van der Waals surface area contributed by atoms with E-state index < -0.39 is 0 Å². The third kappa shape index (κ3) is 6.01. The summed E-state index contributed by atoms with van der Waals surface area (Å²) < 4.78 is 5.23. The number of esters is 1. The van der Waals surface area contributed by atoms with Gasteiger partial charge in [0.15, 0.2) is 0 Å². The molecule has 0 bridgehead atoms. The number of carbonyl (C=O) groups excluding carboxylic acids is 1. The van der Waals surface area contributed by atoms with Gasteiger partial charge >= 0.3 is 5.97 Å². The summed E-state index contributed by atoms with van der Waals surface area (Å²) in [7, 11) is 0. The molecule has 0 aliphatic rings. The topological polar surface area (TPSA) is 26.3 Å². The second kappa shape index (κ2) is 7.84. The Kier molecular flexibility index (Phi) is 7.54. The molecule has 0 aliphatic carbocycles. The van der Waals surface area contributed by atoms with Gasteiger partial charge in [-0.25, -0.2) is 0 Å². The van der Waals surface area contributed by atoms with Crippen LogP contribution in [0.15, 0.2) is 0 Å². The first-order valence-corrected chi connectivity index (χ1v) is 5.78. The van der Waals surface area contributed by atoms with Crippen LogP contribution in [0.1, 0.15) is 53.4 Å². The van der Waals surface area contributed by atoms with Gasteiger partial charge in [-0.3, -0.25) is 4.79 Å². The van der Waals surface area contributed by atoms with Crippen molar-refractivity contribution in [2.75, 3.05) is 6.61 Å². The van der Waals surface area contributed by atoms with E-state index in [0.29, 0.717) is 12.5 Å². The number of rotatable bonds is 7. The van der Waals surface area contributed by atoms with E-state index in [0.717, 1.165) is 25.7 Å². The van der Waals surface area contributed by atoms with Crippen molar-refractivity contribution in [2.24, 2.45) is 11.8 Å². The van der Waals surface area contributed by atoms with E-state index in [4.69, 9.17) is 4.74 Å². The third-order valence-corrected chi connectivity index (χ3v) is 2.42. The Labute approximate surface area is 88.0 Å². The second-order valence-electron chi connectivity index (χ2n) is 4.21. The zero-order chi connectivity index (χ0) is 11.0. The lowest BCUT2D eigenvalue weighted by atomic mass is 10.1. The van der Waals surface area contributed by atoms with Crippen molar-refractivity contribution in [3.8, 4) is 0 Å². The van der Waals surface area contributed by atoms with Crippen LogP contribution in [0.2, 0.25) is 0 Å². The van der Waals surface area contributed by atoms with Gasteiger partial charge in [0, 0.05) is 0 Å². The lowest BCUT2D eigenvalue weighted by Crippen LogP contribution is -2.18. The summed E-state index contributed by atoms with van der Waals surface area (Å²) in [6, 6.07) is 0. The summed E-state index contributed by atoms with van der Waals surface area (Å²) in [5.74, 6) is 0.529. The van der Waals surface area contributed by atoms with Gasteiger partial charge < -0.3 is 4.74 Å². The quantitative estimate of drug-likeness (QED) is 0.589. The highest BCUT2D eigenvalue weighted by Gasteiger charge is 2.14. The summed E-state index contributed by atoms with van der Waals surface area (Å²) in [4.78, 5) is 11.4. The molecule has 2 heteroatoms. The van der Waals surface area contributed by atoms with E-state index >= 15 is 0 Å². The third-order valence-electron chi connectivity index (χ3n) is 2.42. The van der Waals surface area contributed by atoms with Crippen molar-refractivity contribution >= 4 is 5.97 Å². The van der Waals surface area contributed by atoms with Crippen LogP contribution in [0.4, 0.5) is 0 Å². The molecule has 2 atom stereocenters. The summed E-state index contributed by atoms with van der Waals surface area (Å²) in [5.41, 5.74) is 0. The van der Waals surface area contributed by atoms with Gasteiger partial charge in [0.2, 0.25) is 0 Å². The van der Waals surface area contributed by atoms with Crippen LogP contribution in [0.3, 0.4) is 0 Å². The van der Waals surface area contributed by atoms with Crippen LogP contribution in [0, 0.1) is 11.8 Å². The molecule has 2 nitrogen and oxygen atoms in total. The first-order chi connectivity index (χ1) is 6.61. The van der Waals surface area contributed by atoms with E-state index in [1.165, 1.54) is 0 Å². The Morgan fingerprint density at radius 2 is 1.71 bits per heavy atom. The van der Waals surface area contributed by atoms with Crippen molar-refractivity contribution in [1.82, 2.24) is 0 Å². The average Bonchev–Trinajstić information content (AvgIpc) is 2.15. The van der Waals surface area contributed by atoms with Crippen LogP contribution in [-0.4, -0.2) is 12.6 Å². The molecule has 0 fully saturated rings. The summed E-state index contributed by atoms with van der Waals surface area (Å²) >= 11 is 0. The minimum Gasteiger partial charge on any atom is -0.465 e. The van der Waals surface area contributed by atoms with Gasteiger partial charge in [0.1, 0.15) is 0 Å². The molecule has 84 valence electrons. The van der Waals surface area contributed by atoms with Crippen molar-refractivity contribution < 1.29 is 9.53 Å². The van der Waals surface area contributed by atoms with Crippen LogP contribution in [-0.2, 0) is 9.53 Å². The summed E-state index contributed by atoms with van der Waals surface area (Å²) in [6.07, 6.45) is 4.26. The molecular formula is C12H24O2. The first-order valence-electron chi connectivity index (χ1n) is 5.78. The minimum atomic E-state index is -0.0326. The number of ether oxygens (including phenoxy) is 1. The normalized spacial score (nSPS) is 14.9. The zero-order valence-corrected chi connectivity index (χ0v) is 10.0. The van der Waals surface area contributed by atoms with Crippen molar-refractivity contribution in [3.05, 3.63) is 0 Å². The van der Waals surface area contributed by atoms with Crippen molar-refractivity contribution in [1.29, 1.82) is 0 Å². The fourth-order valence-electron chi connectivity index (χ4n) is 1.49. The van der Waals surface area contributed by atoms with E-state index in [2.05, 4.69) is 20.8 Å². The van der Waals surface area contributed by atoms with E-state index in [1.54, 1.807) is 0 Å². The number of carbonyl (C=O) groups is 1. The molecule has 0 heterocycles. The van der Waals surface area contributed by atoms with E-state index in [-0.39, 0.29) is 11.9 Å². The summed E-state index contributed by atoms with van der Waals surface area (Å²) in [6.45, 7) is 8.89. The molecule has 0 unspecified atom stereocenters. The Hall–Kier alpha value is -0.530. The smallest absolute Gasteiger partial charge is 0.308 e. The van der Waals surface area contributed by atoms with Crippen molar-refractivity contribution in [3.63, 3.8) is 0 Å². The molecule has 0 saturated heterocycles. The van der Waals surface area contributed by atoms with Gasteiger partial charge in [-0.15, -0.1) is 0 Å². The number of hydrogen-bond acceptors (Lipinski definition) is 2. The molecule has 0 N–H and O–H groups in total. The Morgan fingerprint density at radius 1 is 1.14 bits per heavy atom. The summed E-state index contributed by atoms with van der Waals surface area (Å²) in [5, 5.41) is 0. The molecule has 0 amide bonds. The molecule has 0 aromatic heterocycles. The minimum absolute atomic E-state index is 0.0326. The van der Waals surface area contributed by atoms with Gasteiger partial charge in [0.25, 0.3) is 0 Å². The van der Waals surface area contributed by atoms with Gasteiger partial charge in [-0.1, -0.05) is 40.5 Å². The molecule has 0 rings (SSSR count). The standard InChI is InChI=1S/C12H24O2/c1-5-7-10(3)9-14-12(13)11(4)8-6-2/h10-11H,5-9H2,1-4H3/t10-,11-/m0/s1. The second-order valence-corrected chi connectivity index (χ2v) is 4.21. The maximum Gasteiger partial charge on any atom is 0.308 e. The van der Waals surface area contributed by atoms with Crippen molar-refractivity contribution in [2.45, 2.75) is 53.4 Å². The van der Waals surface area contributed by atoms with Crippen LogP contribution in [0.5, 0.6) is 0 Å². The fourth-order valence-corrected chi connectivity index (χ4v) is 1.49. The molecule has 0 saturated carbocycles. The molecule has 0 aliphatic heterocycles. The van der Waals surface area contributed by atoms with E-state index in [1.807, 2.05) is 6.92 Å². The molecular weight excluding hydrogens is 176 g/mol. The van der Waals surface area contributed by atoms with Gasteiger partial charge in [0.05, 0.1) is 12.5 Å². The molecule has 0 spiro atoms. The highest BCUT2D eigenvalue weighted by molar-refractivity contribution is 5.71. The maximum atomic E-state index is 11.4. The monoisotopic (exact) mass is 200 g/mol. The Morgan fingerprint density at radius 3 is 2.21 bits per heavy atom. The average molecular weight is 200 g/mol. The lowest BCUT2D eigenvalue weighted by Gasteiger charge is -2.13. The zero-order valence-electron chi connectivity index (χ0n) is 10.0. The van der Waals surface area contributed by atoms with Crippen LogP contribution in [0.25, 0.3) is 0 Å². The predicted octanol–water partition coefficient (Wildman–Crippen LogP) is 3.40. The highest BCUT2D eigenvalue weighted by atomic mass is 16.5. The van der Waals surface area contributed by atoms with Crippen LogP contribution >= 0.6 is 0 Å². The molecule has 14 heavy (non-hydrogen) atoms. The number of hydrogen-bond donors (Lipinski definition) is 0. The predicted molar refractivity (Wildman–Crippen MR) is 59.1 cm³/mol. The largest absolute Gasteiger partial charge is 0.465 e. The van der Waals surface area contributed by atoms with Gasteiger partial charge in [-0.05, 0) is 18.8 Å². The molecule has 0 aromatic carbocycles. The maximum absolute atomic E-state index is 11.4. The van der Waals surface area contributed by atoms with Crippen LogP contribution < -0.4 is 0 Å². The fraction of sp³-hybridized carbons (Fsp3) is 0.917. The SMILES string of the molecule is CCC[C@H](C)COC(=O)[C@@H](C)CCC. The molecule has 0 aromatic rings. The van der Waals surface area contributed by atoms with E-state index in [9.17, 15) is 4.79 Å². The lowest BCUT2D eigenvalue weighted by molar-refractivity contribution is -0.149. The molecule has 0 radical (unpaired) electrons. The van der Waals surface area contributed by atoms with Gasteiger partial charge in [-0.2, -0.15) is 0 Å². The first kappa shape index (κ1) is 13.5.